The van der Waals surface area contributed by atoms with Crippen LogP contribution in [0, 0.1) is 0 Å². The van der Waals surface area contributed by atoms with Crippen molar-refractivity contribution in [1.29, 1.82) is 0 Å². The number of amides is 2. The van der Waals surface area contributed by atoms with Gasteiger partial charge in [0, 0.05) is 10.5 Å². The van der Waals surface area contributed by atoms with Gasteiger partial charge in [-0.1, -0.05) is 41.6 Å². The van der Waals surface area contributed by atoms with Crippen LogP contribution in [0.15, 0.2) is 24.3 Å². The molecule has 16 heavy (non-hydrogen) atoms. The zero-order valence-electron chi connectivity index (χ0n) is 8.94. The summed E-state index contributed by atoms with van der Waals surface area (Å²) in [4.78, 5) is 25.5. The highest BCUT2D eigenvalue weighted by Crippen LogP contribution is 2.25. The minimum absolute atomic E-state index is 0.00741. The van der Waals surface area contributed by atoms with E-state index in [9.17, 15) is 9.59 Å². The molecular formula is C12H12INO2. The zero-order chi connectivity index (χ0) is 11.7. The second kappa shape index (κ2) is 4.53. The third kappa shape index (κ3) is 1.65. The molecule has 0 N–H and O–H groups in total. The molecule has 84 valence electrons. The van der Waals surface area contributed by atoms with E-state index in [1.165, 1.54) is 4.90 Å². The summed E-state index contributed by atoms with van der Waals surface area (Å²) in [7, 11) is 0. The summed E-state index contributed by atoms with van der Waals surface area (Å²) >= 11 is 2.21. The Bertz CT molecular complexity index is 405. The van der Waals surface area contributed by atoms with Crippen molar-refractivity contribution < 1.29 is 9.59 Å². The molecule has 0 saturated heterocycles. The molecule has 0 aliphatic carbocycles. The first-order valence-electron chi connectivity index (χ1n) is 5.23. The summed E-state index contributed by atoms with van der Waals surface area (Å²) in [6.07, 6.45) is 0.800. The van der Waals surface area contributed by atoms with E-state index in [4.69, 9.17) is 0 Å². The summed E-state index contributed by atoms with van der Waals surface area (Å²) in [5, 5.41) is 0. The van der Waals surface area contributed by atoms with Crippen LogP contribution in [0.1, 0.15) is 34.1 Å². The van der Waals surface area contributed by atoms with Crippen molar-refractivity contribution in [2.75, 3.05) is 4.43 Å². The molecular weight excluding hydrogens is 317 g/mol. The van der Waals surface area contributed by atoms with E-state index >= 15 is 0 Å². The van der Waals surface area contributed by atoms with Gasteiger partial charge in [0.05, 0.1) is 11.1 Å². The number of carbonyl (C=O) groups is 2. The number of fused-ring (bicyclic) bond motifs is 1. The Morgan fingerprint density at radius 2 is 1.69 bits per heavy atom. The first kappa shape index (κ1) is 11.6. The lowest BCUT2D eigenvalue weighted by atomic mass is 10.1. The molecule has 1 aromatic rings. The molecule has 0 spiro atoms. The largest absolute Gasteiger partial charge is 0.270 e. The van der Waals surface area contributed by atoms with E-state index in [2.05, 4.69) is 22.6 Å². The topological polar surface area (TPSA) is 37.4 Å². The molecule has 1 heterocycles. The highest BCUT2D eigenvalue weighted by Gasteiger charge is 2.38. The molecule has 3 nitrogen and oxygen atoms in total. The van der Waals surface area contributed by atoms with Gasteiger partial charge in [0.1, 0.15) is 0 Å². The SMILES string of the molecule is CCC(CI)N1C(=O)c2ccccc2C1=O. The van der Waals surface area contributed by atoms with Crippen LogP contribution in [0.4, 0.5) is 0 Å². The van der Waals surface area contributed by atoms with Gasteiger partial charge in [-0.05, 0) is 18.6 Å². The predicted octanol–water partition coefficient (Wildman–Crippen LogP) is 2.50. The second-order valence-corrected chi connectivity index (χ2v) is 4.62. The Labute approximate surface area is 108 Å². The number of halogens is 1. The summed E-state index contributed by atoms with van der Waals surface area (Å²) in [5.41, 5.74) is 1.08. The Balaban J connectivity index is 2.42. The number of hydrogen-bond donors (Lipinski definition) is 0. The predicted molar refractivity (Wildman–Crippen MR) is 69.9 cm³/mol. The smallest absolute Gasteiger partial charge is 0.261 e. The highest BCUT2D eigenvalue weighted by atomic mass is 127. The van der Waals surface area contributed by atoms with Crippen LogP contribution < -0.4 is 0 Å². The molecule has 0 radical (unpaired) electrons. The van der Waals surface area contributed by atoms with Crippen molar-refractivity contribution >= 4 is 34.4 Å². The van der Waals surface area contributed by atoms with Gasteiger partial charge in [-0.15, -0.1) is 0 Å². The Morgan fingerprint density at radius 3 is 2.06 bits per heavy atom. The third-order valence-corrected chi connectivity index (χ3v) is 3.86. The summed E-state index contributed by atoms with van der Waals surface area (Å²) in [6.45, 7) is 1.99. The maximum absolute atomic E-state index is 12.1. The molecule has 1 aliphatic heterocycles. The average molecular weight is 329 g/mol. The fourth-order valence-electron chi connectivity index (χ4n) is 1.90. The maximum atomic E-state index is 12.1. The van der Waals surface area contributed by atoms with Crippen LogP contribution in [0.3, 0.4) is 0 Å². The van der Waals surface area contributed by atoms with Gasteiger partial charge in [-0.2, -0.15) is 0 Å². The summed E-state index contributed by atoms with van der Waals surface area (Å²) in [5.74, 6) is -0.298. The molecule has 2 amide bonds. The molecule has 0 saturated carbocycles. The number of nitrogens with zero attached hydrogens (tertiary/aromatic N) is 1. The van der Waals surface area contributed by atoms with E-state index in [0.717, 1.165) is 10.8 Å². The highest BCUT2D eigenvalue weighted by molar-refractivity contribution is 14.1. The molecule has 0 aromatic heterocycles. The number of hydrogen-bond acceptors (Lipinski definition) is 2. The van der Waals surface area contributed by atoms with Crippen molar-refractivity contribution in [2.24, 2.45) is 0 Å². The number of benzene rings is 1. The lowest BCUT2D eigenvalue weighted by Crippen LogP contribution is -2.40. The van der Waals surface area contributed by atoms with Gasteiger partial charge in [0.25, 0.3) is 11.8 Å². The normalized spacial score (nSPS) is 16.5. The summed E-state index contributed by atoms with van der Waals surface area (Å²) < 4.78 is 0.778. The van der Waals surface area contributed by atoms with Crippen molar-refractivity contribution in [3.63, 3.8) is 0 Å². The minimum atomic E-state index is -0.149. The van der Waals surface area contributed by atoms with Crippen LogP contribution in [-0.4, -0.2) is 27.2 Å². The Morgan fingerprint density at radius 1 is 1.19 bits per heavy atom. The molecule has 4 heteroatoms. The second-order valence-electron chi connectivity index (χ2n) is 3.74. The molecule has 2 rings (SSSR count). The Kier molecular flexibility index (Phi) is 3.28. The molecule has 1 unspecified atom stereocenters. The summed E-state index contributed by atoms with van der Waals surface area (Å²) in [6, 6.07) is 7.02. The van der Waals surface area contributed by atoms with Gasteiger partial charge in [-0.25, -0.2) is 0 Å². The van der Waals surface area contributed by atoms with Crippen LogP contribution in [0.2, 0.25) is 0 Å². The van der Waals surface area contributed by atoms with Crippen LogP contribution in [-0.2, 0) is 0 Å². The first-order valence-corrected chi connectivity index (χ1v) is 6.76. The van der Waals surface area contributed by atoms with Crippen molar-refractivity contribution in [3.8, 4) is 0 Å². The number of carbonyl (C=O) groups excluding carboxylic acids is 2. The van der Waals surface area contributed by atoms with E-state index in [-0.39, 0.29) is 17.9 Å². The van der Waals surface area contributed by atoms with Gasteiger partial charge in [-0.3, -0.25) is 14.5 Å². The van der Waals surface area contributed by atoms with Crippen LogP contribution in [0.5, 0.6) is 0 Å². The van der Waals surface area contributed by atoms with E-state index in [0.29, 0.717) is 11.1 Å². The fraction of sp³-hybridized carbons (Fsp3) is 0.333. The van der Waals surface area contributed by atoms with Gasteiger partial charge < -0.3 is 0 Å². The Hall–Kier alpha value is -0.910. The van der Waals surface area contributed by atoms with Crippen molar-refractivity contribution in [3.05, 3.63) is 35.4 Å². The lowest BCUT2D eigenvalue weighted by molar-refractivity contribution is 0.0599. The van der Waals surface area contributed by atoms with Gasteiger partial charge >= 0.3 is 0 Å². The lowest BCUT2D eigenvalue weighted by Gasteiger charge is -2.22. The van der Waals surface area contributed by atoms with Crippen molar-refractivity contribution in [2.45, 2.75) is 19.4 Å². The molecule has 1 atom stereocenters. The molecule has 0 bridgehead atoms. The van der Waals surface area contributed by atoms with E-state index in [1.807, 2.05) is 6.92 Å². The molecule has 1 aliphatic rings. The standard InChI is InChI=1S/C12H12INO2/c1-2-8(7-13)14-11(15)9-5-3-4-6-10(9)12(14)16/h3-6,8H,2,7H2,1H3. The molecule has 0 fully saturated rings. The maximum Gasteiger partial charge on any atom is 0.261 e. The van der Waals surface area contributed by atoms with Crippen molar-refractivity contribution in [1.82, 2.24) is 4.90 Å². The fourth-order valence-corrected chi connectivity index (χ4v) is 2.92. The quantitative estimate of drug-likeness (QED) is 0.485. The minimum Gasteiger partial charge on any atom is -0.270 e. The van der Waals surface area contributed by atoms with Crippen LogP contribution >= 0.6 is 22.6 Å². The van der Waals surface area contributed by atoms with E-state index in [1.54, 1.807) is 24.3 Å². The average Bonchev–Trinajstić information content (AvgIpc) is 2.57. The van der Waals surface area contributed by atoms with Gasteiger partial charge in [0.2, 0.25) is 0 Å². The number of rotatable bonds is 3. The first-order chi connectivity index (χ1) is 7.70. The third-order valence-electron chi connectivity index (χ3n) is 2.84. The monoisotopic (exact) mass is 329 g/mol. The van der Waals surface area contributed by atoms with Crippen LogP contribution in [0.25, 0.3) is 0 Å². The zero-order valence-corrected chi connectivity index (χ0v) is 11.1. The molecule has 1 aromatic carbocycles. The number of imide groups is 1. The van der Waals surface area contributed by atoms with E-state index < -0.39 is 0 Å². The van der Waals surface area contributed by atoms with Gasteiger partial charge in [0.15, 0.2) is 0 Å². The number of alkyl halides is 1.